The fourth-order valence-corrected chi connectivity index (χ4v) is 0.424. The van der Waals surface area contributed by atoms with Crippen molar-refractivity contribution in [2.45, 2.75) is 0 Å². The summed E-state index contributed by atoms with van der Waals surface area (Å²) in [7, 11) is 0. The molecular weight excluding hydrogens is 209 g/mol. The van der Waals surface area contributed by atoms with Gasteiger partial charge in [0, 0.05) is 29.1 Å². The summed E-state index contributed by atoms with van der Waals surface area (Å²) in [6, 6.07) is 0. The number of aliphatic hydroxyl groups excluding tert-OH is 1. The number of halogens is 1. The summed E-state index contributed by atoms with van der Waals surface area (Å²) >= 11 is 1.60. The maximum Gasteiger partial charge on any atom is 0.280 e. The van der Waals surface area contributed by atoms with Crippen molar-refractivity contribution in [3.05, 3.63) is 0 Å². The lowest BCUT2D eigenvalue weighted by molar-refractivity contribution is 0.255. The molecule has 0 aliphatic rings. The van der Waals surface area contributed by atoms with Crippen LogP contribution in [-0.2, 0) is 0 Å². The fraction of sp³-hybridized carbons (Fsp3) is 0.667. The topological polar surface area (TPSA) is 49.3 Å². The largest absolute Gasteiger partial charge is 0.395 e. The van der Waals surface area contributed by atoms with Crippen LogP contribution in [-0.4, -0.2) is 22.2 Å². The van der Waals surface area contributed by atoms with E-state index in [1.165, 1.54) is 0 Å². The number of aliphatic hydroxyl groups is 1. The lowest BCUT2D eigenvalue weighted by Crippen LogP contribution is -2.19. The van der Waals surface area contributed by atoms with Crippen LogP contribution in [0.2, 0.25) is 0 Å². The third kappa shape index (κ3) is 6.16. The summed E-state index contributed by atoms with van der Waals surface area (Å²) in [5, 5.41) is 10.5. The second-order valence-electron chi connectivity index (χ2n) is 0.924. The minimum Gasteiger partial charge on any atom is -0.395 e. The molecule has 0 aliphatic heterocycles. The Morgan fingerprint density at radius 2 is 2.43 bits per heavy atom. The predicted octanol–water partition coefficient (Wildman–Crippen LogP) is 0.123. The number of amides is 1. The highest BCUT2D eigenvalue weighted by molar-refractivity contribution is 14.1. The summed E-state index contributed by atoms with van der Waals surface area (Å²) < 4.78 is -0.133. The fourth-order valence-electron chi connectivity index (χ4n) is 0.154. The van der Waals surface area contributed by atoms with Gasteiger partial charge in [-0.05, 0) is 0 Å². The summed E-state index contributed by atoms with van der Waals surface area (Å²) in [6.45, 7) is 0.358. The van der Waals surface area contributed by atoms with E-state index in [1.54, 1.807) is 22.6 Å². The summed E-state index contributed by atoms with van der Waals surface area (Å²) in [4.78, 5) is 9.97. The van der Waals surface area contributed by atoms with Crippen molar-refractivity contribution in [2.75, 3.05) is 13.2 Å². The van der Waals surface area contributed by atoms with Crippen LogP contribution in [0.3, 0.4) is 0 Å². The maximum absolute atomic E-state index is 9.97. The van der Waals surface area contributed by atoms with Crippen molar-refractivity contribution in [1.29, 1.82) is 0 Å². The zero-order valence-electron chi connectivity index (χ0n) is 3.65. The average molecular weight is 215 g/mol. The van der Waals surface area contributed by atoms with Crippen molar-refractivity contribution in [1.82, 2.24) is 5.32 Å². The summed E-state index contributed by atoms with van der Waals surface area (Å²) in [5.74, 6) is 0. The number of nitrogens with one attached hydrogen (secondary N) is 1. The minimum absolute atomic E-state index is 0.00867. The standard InChI is InChI=1S/C3H6INO2/c4-3(7)5-1-2-6/h6H,1-2H2,(H,5,7). The van der Waals surface area contributed by atoms with Gasteiger partial charge in [0.2, 0.25) is 0 Å². The van der Waals surface area contributed by atoms with Crippen molar-refractivity contribution in [3.63, 3.8) is 0 Å². The van der Waals surface area contributed by atoms with Gasteiger partial charge in [-0.3, -0.25) is 4.79 Å². The van der Waals surface area contributed by atoms with Gasteiger partial charge in [-0.25, -0.2) is 0 Å². The molecule has 4 heteroatoms. The zero-order valence-corrected chi connectivity index (χ0v) is 5.81. The normalized spacial score (nSPS) is 8.29. The molecule has 7 heavy (non-hydrogen) atoms. The third-order valence-corrected chi connectivity index (χ3v) is 0.757. The first-order valence-corrected chi connectivity index (χ1v) is 2.89. The molecule has 1 amide bonds. The Balaban J connectivity index is 2.82. The Morgan fingerprint density at radius 1 is 1.86 bits per heavy atom. The van der Waals surface area contributed by atoms with E-state index in [0.717, 1.165) is 0 Å². The first kappa shape index (κ1) is 7.16. The molecule has 0 radical (unpaired) electrons. The van der Waals surface area contributed by atoms with Gasteiger partial charge in [0.1, 0.15) is 0 Å². The molecule has 3 nitrogen and oxygen atoms in total. The number of hydrogen-bond donors (Lipinski definition) is 2. The quantitative estimate of drug-likeness (QED) is 0.390. The minimum atomic E-state index is -0.133. The van der Waals surface area contributed by atoms with Crippen LogP contribution in [0.15, 0.2) is 0 Å². The van der Waals surface area contributed by atoms with Crippen LogP contribution >= 0.6 is 22.6 Å². The smallest absolute Gasteiger partial charge is 0.280 e. The molecule has 0 rings (SSSR count). The number of carbonyl (C=O) groups excluding carboxylic acids is 1. The van der Waals surface area contributed by atoms with Crippen molar-refractivity contribution in [2.24, 2.45) is 0 Å². The lowest BCUT2D eigenvalue weighted by Gasteiger charge is -1.91. The highest BCUT2D eigenvalue weighted by Gasteiger charge is 1.86. The average Bonchev–Trinajstić information content (AvgIpc) is 1.61. The Bertz CT molecular complexity index is 66.0. The van der Waals surface area contributed by atoms with Crippen LogP contribution in [0, 0.1) is 0 Å². The number of rotatable bonds is 2. The van der Waals surface area contributed by atoms with Gasteiger partial charge in [0.25, 0.3) is 3.91 Å². The molecule has 42 valence electrons. The monoisotopic (exact) mass is 215 g/mol. The molecule has 0 unspecified atom stereocenters. The molecule has 0 aliphatic carbocycles. The lowest BCUT2D eigenvalue weighted by atomic mass is 10.7. The van der Waals surface area contributed by atoms with Crippen molar-refractivity contribution >= 4 is 26.5 Å². The Kier molecular flexibility index (Phi) is 4.42. The third-order valence-electron chi connectivity index (χ3n) is 0.376. The van der Waals surface area contributed by atoms with Crippen LogP contribution < -0.4 is 5.32 Å². The van der Waals surface area contributed by atoms with Crippen molar-refractivity contribution < 1.29 is 9.90 Å². The van der Waals surface area contributed by atoms with Gasteiger partial charge < -0.3 is 10.4 Å². The molecule has 0 bridgehead atoms. The summed E-state index contributed by atoms with van der Waals surface area (Å²) in [5.41, 5.74) is 0. The van der Waals surface area contributed by atoms with E-state index in [9.17, 15) is 4.79 Å². The second kappa shape index (κ2) is 4.32. The van der Waals surface area contributed by atoms with Crippen LogP contribution in [0.4, 0.5) is 4.79 Å². The van der Waals surface area contributed by atoms with Gasteiger partial charge in [-0.1, -0.05) is 0 Å². The van der Waals surface area contributed by atoms with Crippen LogP contribution in [0.1, 0.15) is 0 Å². The van der Waals surface area contributed by atoms with E-state index >= 15 is 0 Å². The molecule has 0 saturated carbocycles. The first-order valence-electron chi connectivity index (χ1n) is 1.81. The molecular formula is C3H6INO2. The predicted molar refractivity (Wildman–Crippen MR) is 34.5 cm³/mol. The van der Waals surface area contributed by atoms with Crippen LogP contribution in [0.25, 0.3) is 0 Å². The highest BCUT2D eigenvalue weighted by Crippen LogP contribution is 1.79. The van der Waals surface area contributed by atoms with Gasteiger partial charge in [-0.15, -0.1) is 0 Å². The molecule has 2 N–H and O–H groups in total. The van der Waals surface area contributed by atoms with E-state index < -0.39 is 0 Å². The Labute approximate surface area is 55.2 Å². The molecule has 0 aromatic carbocycles. The van der Waals surface area contributed by atoms with Gasteiger partial charge in [0.05, 0.1) is 6.61 Å². The Hall–Kier alpha value is 0.160. The maximum atomic E-state index is 9.97. The molecule has 0 spiro atoms. The zero-order chi connectivity index (χ0) is 5.70. The van der Waals surface area contributed by atoms with Gasteiger partial charge in [0.15, 0.2) is 0 Å². The first-order chi connectivity index (χ1) is 3.27. The summed E-state index contributed by atoms with van der Waals surface area (Å²) in [6.07, 6.45) is 0. The van der Waals surface area contributed by atoms with E-state index in [2.05, 4.69) is 5.32 Å². The van der Waals surface area contributed by atoms with E-state index in [1.807, 2.05) is 0 Å². The molecule has 0 fully saturated rings. The van der Waals surface area contributed by atoms with Crippen molar-refractivity contribution in [3.8, 4) is 0 Å². The second-order valence-corrected chi connectivity index (χ2v) is 1.90. The molecule has 0 atom stereocenters. The molecule has 0 heterocycles. The molecule has 0 aromatic rings. The number of hydrogen-bond acceptors (Lipinski definition) is 2. The number of carbonyl (C=O) groups is 1. The highest BCUT2D eigenvalue weighted by atomic mass is 127. The molecule has 0 saturated heterocycles. The van der Waals surface area contributed by atoms with E-state index in [-0.39, 0.29) is 10.5 Å². The SMILES string of the molecule is O=C(I)NCCO. The van der Waals surface area contributed by atoms with Crippen LogP contribution in [0.5, 0.6) is 0 Å². The Morgan fingerprint density at radius 3 is 2.57 bits per heavy atom. The van der Waals surface area contributed by atoms with Gasteiger partial charge in [-0.2, -0.15) is 0 Å². The van der Waals surface area contributed by atoms with Gasteiger partial charge >= 0.3 is 0 Å². The van der Waals surface area contributed by atoms with E-state index in [4.69, 9.17) is 5.11 Å². The molecule has 0 aromatic heterocycles. The van der Waals surface area contributed by atoms with E-state index in [0.29, 0.717) is 6.54 Å².